The summed E-state index contributed by atoms with van der Waals surface area (Å²) in [6.07, 6.45) is 2.99. The number of rotatable bonds is 2. The molecule has 0 spiro atoms. The summed E-state index contributed by atoms with van der Waals surface area (Å²) < 4.78 is 39.2. The summed E-state index contributed by atoms with van der Waals surface area (Å²) in [5.41, 5.74) is -0.246. The minimum atomic E-state index is -1.44. The first kappa shape index (κ1) is 12.0. The van der Waals surface area contributed by atoms with E-state index >= 15 is 0 Å². The molecule has 1 aliphatic heterocycles. The van der Waals surface area contributed by atoms with Crippen molar-refractivity contribution in [1.82, 2.24) is 5.32 Å². The van der Waals surface area contributed by atoms with Crippen LogP contribution >= 0.6 is 0 Å². The Kier molecular flexibility index (Phi) is 2.64. The van der Waals surface area contributed by atoms with Crippen molar-refractivity contribution < 1.29 is 18.3 Å². The summed E-state index contributed by atoms with van der Waals surface area (Å²) in [7, 11) is 0. The summed E-state index contributed by atoms with van der Waals surface area (Å²) in [5, 5.41) is 13.2. The molecule has 0 bridgehead atoms. The van der Waals surface area contributed by atoms with Gasteiger partial charge in [-0.3, -0.25) is 0 Å². The Bertz CT molecular complexity index is 464. The Labute approximate surface area is 103 Å². The molecule has 0 aromatic heterocycles. The van der Waals surface area contributed by atoms with Crippen LogP contribution in [0.3, 0.4) is 0 Å². The second-order valence-electron chi connectivity index (χ2n) is 5.25. The Balaban J connectivity index is 1.80. The Hall–Kier alpha value is -1.07. The average molecular weight is 257 g/mol. The second kappa shape index (κ2) is 3.96. The third kappa shape index (κ3) is 1.91. The van der Waals surface area contributed by atoms with Gasteiger partial charge >= 0.3 is 0 Å². The van der Waals surface area contributed by atoms with E-state index in [1.54, 1.807) is 0 Å². The first-order valence-corrected chi connectivity index (χ1v) is 6.12. The first-order chi connectivity index (χ1) is 8.49. The molecule has 1 aliphatic carbocycles. The van der Waals surface area contributed by atoms with Crippen molar-refractivity contribution in [2.45, 2.75) is 43.4 Å². The van der Waals surface area contributed by atoms with Crippen molar-refractivity contribution in [2.24, 2.45) is 0 Å². The molecule has 1 aromatic rings. The molecule has 5 heteroatoms. The van der Waals surface area contributed by atoms with Crippen LogP contribution in [0.1, 0.15) is 37.3 Å². The van der Waals surface area contributed by atoms with Crippen LogP contribution in [0, 0.1) is 17.5 Å². The number of nitrogens with one attached hydrogen (secondary N) is 1. The van der Waals surface area contributed by atoms with Gasteiger partial charge in [0.1, 0.15) is 0 Å². The van der Waals surface area contributed by atoms with Gasteiger partial charge in [-0.05, 0) is 43.4 Å². The number of hydrogen-bond donors (Lipinski definition) is 2. The van der Waals surface area contributed by atoms with Crippen molar-refractivity contribution in [2.75, 3.05) is 0 Å². The van der Waals surface area contributed by atoms with E-state index in [0.717, 1.165) is 31.4 Å². The van der Waals surface area contributed by atoms with Crippen molar-refractivity contribution in [3.63, 3.8) is 0 Å². The molecule has 2 aliphatic rings. The van der Waals surface area contributed by atoms with Crippen LogP contribution in [0.25, 0.3) is 0 Å². The maximum absolute atomic E-state index is 13.1. The lowest BCUT2D eigenvalue weighted by atomic mass is 10.0. The van der Waals surface area contributed by atoms with Crippen LogP contribution in [0.2, 0.25) is 0 Å². The molecular formula is C13H14F3NO. The Morgan fingerprint density at radius 3 is 2.28 bits per heavy atom. The van der Waals surface area contributed by atoms with Gasteiger partial charge in [-0.2, -0.15) is 0 Å². The highest BCUT2D eigenvalue weighted by molar-refractivity contribution is 5.24. The zero-order valence-corrected chi connectivity index (χ0v) is 9.72. The van der Waals surface area contributed by atoms with E-state index in [2.05, 4.69) is 5.32 Å². The quantitative estimate of drug-likeness (QED) is 0.797. The molecule has 18 heavy (non-hydrogen) atoms. The molecule has 2 nitrogen and oxygen atoms in total. The minimum Gasteiger partial charge on any atom is -0.388 e. The maximum Gasteiger partial charge on any atom is 0.194 e. The Morgan fingerprint density at radius 2 is 1.72 bits per heavy atom. The maximum atomic E-state index is 13.1. The molecule has 3 rings (SSSR count). The fraction of sp³-hybridized carbons (Fsp3) is 0.538. The number of benzene rings is 1. The van der Waals surface area contributed by atoms with Crippen LogP contribution in [-0.4, -0.2) is 16.7 Å². The fourth-order valence-corrected chi connectivity index (χ4v) is 2.68. The molecule has 1 saturated heterocycles. The average Bonchev–Trinajstić information content (AvgIpc) is 2.91. The van der Waals surface area contributed by atoms with E-state index in [4.69, 9.17) is 0 Å². The molecule has 0 radical (unpaired) electrons. The highest BCUT2D eigenvalue weighted by Gasteiger charge is 2.50. The van der Waals surface area contributed by atoms with Crippen molar-refractivity contribution in [3.8, 4) is 0 Å². The van der Waals surface area contributed by atoms with Gasteiger partial charge in [0, 0.05) is 12.1 Å². The van der Waals surface area contributed by atoms with Crippen molar-refractivity contribution in [3.05, 3.63) is 35.1 Å². The molecule has 2 fully saturated rings. The van der Waals surface area contributed by atoms with E-state index in [9.17, 15) is 18.3 Å². The second-order valence-corrected chi connectivity index (χ2v) is 5.25. The molecule has 1 saturated carbocycles. The van der Waals surface area contributed by atoms with Gasteiger partial charge in [-0.1, -0.05) is 0 Å². The predicted molar refractivity (Wildman–Crippen MR) is 59.4 cm³/mol. The van der Waals surface area contributed by atoms with E-state index in [1.807, 2.05) is 0 Å². The monoisotopic (exact) mass is 257 g/mol. The third-order valence-electron chi connectivity index (χ3n) is 3.97. The summed E-state index contributed by atoms with van der Waals surface area (Å²) in [5.74, 6) is -3.77. The molecule has 0 amide bonds. The summed E-state index contributed by atoms with van der Waals surface area (Å²) in [4.78, 5) is 0. The van der Waals surface area contributed by atoms with Gasteiger partial charge < -0.3 is 10.4 Å². The van der Waals surface area contributed by atoms with Crippen LogP contribution in [0.4, 0.5) is 13.2 Å². The predicted octanol–water partition coefficient (Wildman–Crippen LogP) is 2.42. The van der Waals surface area contributed by atoms with Crippen LogP contribution in [-0.2, 0) is 0 Å². The molecule has 0 unspecified atom stereocenters. The van der Waals surface area contributed by atoms with Gasteiger partial charge in [0.2, 0.25) is 0 Å². The van der Waals surface area contributed by atoms with Gasteiger partial charge in [0.15, 0.2) is 17.5 Å². The number of hydrogen-bond acceptors (Lipinski definition) is 2. The zero-order valence-electron chi connectivity index (χ0n) is 9.72. The van der Waals surface area contributed by atoms with Crippen LogP contribution in [0.5, 0.6) is 0 Å². The van der Waals surface area contributed by atoms with E-state index in [0.29, 0.717) is 12.0 Å². The largest absolute Gasteiger partial charge is 0.388 e. The normalized spacial score (nSPS) is 29.6. The lowest BCUT2D eigenvalue weighted by Crippen LogP contribution is -2.37. The van der Waals surface area contributed by atoms with Gasteiger partial charge in [0.25, 0.3) is 0 Å². The zero-order chi connectivity index (χ0) is 12.9. The molecule has 2 atom stereocenters. The van der Waals surface area contributed by atoms with Crippen LogP contribution < -0.4 is 5.32 Å². The lowest BCUT2D eigenvalue weighted by Gasteiger charge is -2.19. The van der Waals surface area contributed by atoms with E-state index < -0.39 is 23.1 Å². The summed E-state index contributed by atoms with van der Waals surface area (Å²) in [6.45, 7) is 0. The number of aliphatic hydroxyl groups is 1. The summed E-state index contributed by atoms with van der Waals surface area (Å²) >= 11 is 0. The molecule has 98 valence electrons. The molecule has 1 heterocycles. The SMILES string of the molecule is OC1([C@H]2CC[C@@H](c3cc(F)c(F)c(F)c3)N2)CC1. The van der Waals surface area contributed by atoms with Gasteiger partial charge in [-0.15, -0.1) is 0 Å². The Morgan fingerprint density at radius 1 is 1.11 bits per heavy atom. The highest BCUT2D eigenvalue weighted by atomic mass is 19.2. The third-order valence-corrected chi connectivity index (χ3v) is 3.97. The van der Waals surface area contributed by atoms with Gasteiger partial charge in [-0.25, -0.2) is 13.2 Å². The number of halogens is 3. The molecular weight excluding hydrogens is 243 g/mol. The minimum absolute atomic E-state index is 0.0290. The van der Waals surface area contributed by atoms with Crippen molar-refractivity contribution in [1.29, 1.82) is 0 Å². The van der Waals surface area contributed by atoms with E-state index in [1.165, 1.54) is 0 Å². The summed E-state index contributed by atoms with van der Waals surface area (Å²) in [6, 6.07) is 1.80. The topological polar surface area (TPSA) is 32.3 Å². The van der Waals surface area contributed by atoms with Crippen LogP contribution in [0.15, 0.2) is 12.1 Å². The fourth-order valence-electron chi connectivity index (χ4n) is 2.68. The smallest absolute Gasteiger partial charge is 0.194 e. The first-order valence-electron chi connectivity index (χ1n) is 6.12. The van der Waals surface area contributed by atoms with Gasteiger partial charge in [0.05, 0.1) is 5.60 Å². The lowest BCUT2D eigenvalue weighted by molar-refractivity contribution is 0.109. The standard InChI is InChI=1S/C13H14F3NO/c14-8-5-7(6-9(15)12(8)16)10-1-2-11(17-10)13(18)3-4-13/h5-6,10-11,17-18H,1-4H2/t10-,11+/m0/s1. The van der Waals surface area contributed by atoms with E-state index in [-0.39, 0.29) is 12.1 Å². The molecule has 2 N–H and O–H groups in total. The highest BCUT2D eigenvalue weighted by Crippen LogP contribution is 2.44. The van der Waals surface area contributed by atoms with Crippen molar-refractivity contribution >= 4 is 0 Å². The molecule has 1 aromatic carbocycles.